The Morgan fingerprint density at radius 2 is 1.85 bits per heavy atom. The molecule has 0 saturated carbocycles. The molecule has 0 radical (unpaired) electrons. The van der Waals surface area contributed by atoms with Gasteiger partial charge in [0, 0.05) is 18.7 Å². The van der Waals surface area contributed by atoms with E-state index in [-0.39, 0.29) is 12.0 Å². The van der Waals surface area contributed by atoms with E-state index in [2.05, 4.69) is 10.4 Å². The van der Waals surface area contributed by atoms with Crippen LogP contribution in [0.25, 0.3) is 16.9 Å². The molecule has 4 rings (SSSR count). The molecule has 0 spiro atoms. The number of carbonyl (C=O) groups is 1. The molecule has 1 atom stereocenters. The first-order valence-corrected chi connectivity index (χ1v) is 9.34. The smallest absolute Gasteiger partial charge is 0.255 e. The van der Waals surface area contributed by atoms with E-state index >= 15 is 0 Å². The number of carbonyl (C=O) groups excluding carboxylic acids is 1. The van der Waals surface area contributed by atoms with Gasteiger partial charge in [-0.1, -0.05) is 48.5 Å². The van der Waals surface area contributed by atoms with E-state index in [4.69, 9.17) is 4.74 Å². The molecule has 3 aromatic rings. The molecule has 27 heavy (non-hydrogen) atoms. The molecule has 1 aliphatic heterocycles. The topological polar surface area (TPSA) is 56.2 Å². The molecule has 1 unspecified atom stereocenters. The average molecular weight is 361 g/mol. The maximum atomic E-state index is 13.0. The molecule has 1 aromatic heterocycles. The van der Waals surface area contributed by atoms with E-state index in [1.807, 2.05) is 72.3 Å². The number of hydrogen-bond acceptors (Lipinski definition) is 3. The van der Waals surface area contributed by atoms with Crippen LogP contribution < -0.4 is 5.32 Å². The van der Waals surface area contributed by atoms with Gasteiger partial charge >= 0.3 is 0 Å². The fraction of sp³-hybridized carbons (Fsp3) is 0.273. The zero-order chi connectivity index (χ0) is 18.6. The predicted molar refractivity (Wildman–Crippen MR) is 105 cm³/mol. The Bertz CT molecular complexity index is 913. The van der Waals surface area contributed by atoms with Crippen LogP contribution >= 0.6 is 0 Å². The van der Waals surface area contributed by atoms with Gasteiger partial charge in [-0.15, -0.1) is 0 Å². The van der Waals surface area contributed by atoms with Crippen molar-refractivity contribution in [1.29, 1.82) is 0 Å². The van der Waals surface area contributed by atoms with Crippen molar-refractivity contribution in [2.45, 2.75) is 25.9 Å². The van der Waals surface area contributed by atoms with Crippen LogP contribution in [0, 0.1) is 6.92 Å². The summed E-state index contributed by atoms with van der Waals surface area (Å²) in [5, 5.41) is 7.72. The molecule has 1 aliphatic rings. The van der Waals surface area contributed by atoms with Crippen molar-refractivity contribution < 1.29 is 9.53 Å². The van der Waals surface area contributed by atoms with Crippen LogP contribution in [0.5, 0.6) is 0 Å². The second-order valence-corrected chi connectivity index (χ2v) is 6.77. The molecule has 138 valence electrons. The molecule has 0 bridgehead atoms. The quantitative estimate of drug-likeness (QED) is 0.753. The summed E-state index contributed by atoms with van der Waals surface area (Å²) in [7, 11) is 0. The summed E-state index contributed by atoms with van der Waals surface area (Å²) in [6, 6.07) is 19.8. The van der Waals surface area contributed by atoms with Crippen molar-refractivity contribution in [2.24, 2.45) is 0 Å². The molecule has 1 saturated heterocycles. The molecular weight excluding hydrogens is 338 g/mol. The van der Waals surface area contributed by atoms with Crippen LogP contribution in [0.2, 0.25) is 0 Å². The highest BCUT2D eigenvalue weighted by molar-refractivity contribution is 6.01. The van der Waals surface area contributed by atoms with E-state index in [0.717, 1.165) is 36.4 Å². The molecule has 1 N–H and O–H groups in total. The second-order valence-electron chi connectivity index (χ2n) is 6.77. The van der Waals surface area contributed by atoms with E-state index < -0.39 is 0 Å². The van der Waals surface area contributed by atoms with E-state index in [1.54, 1.807) is 0 Å². The molecule has 2 aromatic carbocycles. The minimum absolute atomic E-state index is 0.107. The molecule has 2 heterocycles. The van der Waals surface area contributed by atoms with Crippen LogP contribution in [0.1, 0.15) is 28.9 Å². The third-order valence-electron chi connectivity index (χ3n) is 4.85. The van der Waals surface area contributed by atoms with Gasteiger partial charge in [-0.2, -0.15) is 5.10 Å². The SMILES string of the molecule is Cc1nn(-c2ccccc2)c(-c2ccccc2)c1C(=O)NCC1CCCO1. The Kier molecular flexibility index (Phi) is 5.03. The summed E-state index contributed by atoms with van der Waals surface area (Å²) in [5.41, 5.74) is 4.02. The van der Waals surface area contributed by atoms with Gasteiger partial charge < -0.3 is 10.1 Å². The van der Waals surface area contributed by atoms with Crippen molar-refractivity contribution in [1.82, 2.24) is 15.1 Å². The van der Waals surface area contributed by atoms with Gasteiger partial charge in [-0.05, 0) is 31.9 Å². The molecule has 1 amide bonds. The van der Waals surface area contributed by atoms with E-state index in [9.17, 15) is 4.79 Å². The van der Waals surface area contributed by atoms with E-state index in [0.29, 0.717) is 17.8 Å². The van der Waals surface area contributed by atoms with Crippen LogP contribution in [-0.2, 0) is 4.74 Å². The lowest BCUT2D eigenvalue weighted by Crippen LogP contribution is -2.32. The van der Waals surface area contributed by atoms with Crippen LogP contribution in [0.3, 0.4) is 0 Å². The maximum Gasteiger partial charge on any atom is 0.255 e. The van der Waals surface area contributed by atoms with Crippen LogP contribution in [0.4, 0.5) is 0 Å². The standard InChI is InChI=1S/C22H23N3O2/c1-16-20(22(26)23-15-19-13-8-14-27-19)21(17-9-4-2-5-10-17)25(24-16)18-11-6-3-7-12-18/h2-7,9-12,19H,8,13-15H2,1H3,(H,23,26). The number of ether oxygens (including phenoxy) is 1. The largest absolute Gasteiger partial charge is 0.376 e. The lowest BCUT2D eigenvalue weighted by Gasteiger charge is -2.13. The second kappa shape index (κ2) is 7.76. The maximum absolute atomic E-state index is 13.0. The lowest BCUT2D eigenvalue weighted by molar-refractivity contribution is 0.0858. The van der Waals surface area contributed by atoms with Gasteiger partial charge in [0.1, 0.15) is 0 Å². The Morgan fingerprint density at radius 3 is 2.52 bits per heavy atom. The Hall–Kier alpha value is -2.92. The highest BCUT2D eigenvalue weighted by Crippen LogP contribution is 2.29. The lowest BCUT2D eigenvalue weighted by atomic mass is 10.0. The summed E-state index contributed by atoms with van der Waals surface area (Å²) in [5.74, 6) is -0.107. The van der Waals surface area contributed by atoms with Gasteiger partial charge in [0.15, 0.2) is 0 Å². The molecule has 0 aliphatic carbocycles. The summed E-state index contributed by atoms with van der Waals surface area (Å²) >= 11 is 0. The zero-order valence-corrected chi connectivity index (χ0v) is 15.4. The van der Waals surface area contributed by atoms with Crippen LogP contribution in [-0.4, -0.2) is 34.9 Å². The van der Waals surface area contributed by atoms with Gasteiger partial charge in [0.25, 0.3) is 5.91 Å². The normalized spacial score (nSPS) is 16.4. The molecule has 5 nitrogen and oxygen atoms in total. The number of aryl methyl sites for hydroxylation is 1. The summed E-state index contributed by atoms with van der Waals surface area (Å²) in [6.45, 7) is 3.19. The number of para-hydroxylation sites is 1. The van der Waals surface area contributed by atoms with Crippen LogP contribution in [0.15, 0.2) is 60.7 Å². The highest BCUT2D eigenvalue weighted by atomic mass is 16.5. The zero-order valence-electron chi connectivity index (χ0n) is 15.4. The first-order chi connectivity index (χ1) is 13.2. The average Bonchev–Trinajstić information content (AvgIpc) is 3.35. The minimum atomic E-state index is -0.107. The Morgan fingerprint density at radius 1 is 1.15 bits per heavy atom. The Balaban J connectivity index is 1.74. The summed E-state index contributed by atoms with van der Waals surface area (Å²) in [6.07, 6.45) is 2.16. The first kappa shape index (κ1) is 17.5. The van der Waals surface area contributed by atoms with Crippen molar-refractivity contribution in [3.05, 3.63) is 71.9 Å². The third kappa shape index (κ3) is 3.64. The molecular formula is C22H23N3O2. The number of amides is 1. The van der Waals surface area contributed by atoms with Crippen molar-refractivity contribution in [3.63, 3.8) is 0 Å². The van der Waals surface area contributed by atoms with Gasteiger partial charge in [0.2, 0.25) is 0 Å². The third-order valence-corrected chi connectivity index (χ3v) is 4.85. The number of nitrogens with one attached hydrogen (secondary N) is 1. The van der Waals surface area contributed by atoms with Gasteiger partial charge in [0.05, 0.1) is 28.7 Å². The van der Waals surface area contributed by atoms with Crippen molar-refractivity contribution in [2.75, 3.05) is 13.2 Å². The minimum Gasteiger partial charge on any atom is -0.376 e. The van der Waals surface area contributed by atoms with Gasteiger partial charge in [-0.3, -0.25) is 4.79 Å². The Labute approximate surface area is 159 Å². The number of hydrogen-bond donors (Lipinski definition) is 1. The molecule has 5 heteroatoms. The first-order valence-electron chi connectivity index (χ1n) is 9.34. The van der Waals surface area contributed by atoms with E-state index in [1.165, 1.54) is 0 Å². The van der Waals surface area contributed by atoms with Crippen molar-refractivity contribution >= 4 is 5.91 Å². The summed E-state index contributed by atoms with van der Waals surface area (Å²) in [4.78, 5) is 13.0. The fourth-order valence-corrected chi connectivity index (χ4v) is 3.52. The monoisotopic (exact) mass is 361 g/mol. The van der Waals surface area contributed by atoms with Gasteiger partial charge in [-0.25, -0.2) is 4.68 Å². The highest BCUT2D eigenvalue weighted by Gasteiger charge is 2.24. The fourth-order valence-electron chi connectivity index (χ4n) is 3.52. The number of benzene rings is 2. The van der Waals surface area contributed by atoms with Crippen molar-refractivity contribution in [3.8, 4) is 16.9 Å². The summed E-state index contributed by atoms with van der Waals surface area (Å²) < 4.78 is 7.48. The predicted octanol–water partition coefficient (Wildman–Crippen LogP) is 3.76. The molecule has 1 fully saturated rings. The number of aromatic nitrogens is 2. The number of nitrogens with zero attached hydrogens (tertiary/aromatic N) is 2. The number of rotatable bonds is 5.